The first-order valence-electron chi connectivity index (χ1n) is 34.5. The summed E-state index contributed by atoms with van der Waals surface area (Å²) in [6, 6.07) is 0. The maximum Gasteiger partial charge on any atom is 0.472 e. The predicted octanol–water partition coefficient (Wildman–Crippen LogP) is 18.4. The second kappa shape index (κ2) is 58.4. The number of phosphoric acid groups is 2. The van der Waals surface area contributed by atoms with Crippen LogP contribution in [0.1, 0.15) is 330 Å². The summed E-state index contributed by atoms with van der Waals surface area (Å²) >= 11 is 0. The molecule has 3 N–H and O–H groups in total. The Balaban J connectivity index is 5.17. The maximum atomic E-state index is 13.0. The molecule has 0 fully saturated rings. The van der Waals surface area contributed by atoms with Crippen molar-refractivity contribution in [3.8, 4) is 0 Å². The van der Waals surface area contributed by atoms with Crippen LogP contribution in [0.3, 0.4) is 0 Å². The van der Waals surface area contributed by atoms with Gasteiger partial charge in [0.05, 0.1) is 26.4 Å². The summed E-state index contributed by atoms with van der Waals surface area (Å²) in [7, 11) is -9.88. The van der Waals surface area contributed by atoms with Gasteiger partial charge in [-0.05, 0) is 37.5 Å². The van der Waals surface area contributed by atoms with Crippen molar-refractivity contribution in [2.24, 2.45) is 11.8 Å². The van der Waals surface area contributed by atoms with E-state index in [0.29, 0.717) is 25.7 Å². The van der Waals surface area contributed by atoms with Gasteiger partial charge in [0, 0.05) is 25.7 Å². The van der Waals surface area contributed by atoms with E-state index in [0.717, 1.165) is 127 Å². The molecule has 2 unspecified atom stereocenters. The first kappa shape index (κ1) is 83.1. The largest absolute Gasteiger partial charge is 0.472 e. The Morgan fingerprint density at radius 3 is 0.800 bits per heavy atom. The molecule has 0 aliphatic carbocycles. The summed E-state index contributed by atoms with van der Waals surface area (Å²) < 4.78 is 67.9. The minimum absolute atomic E-state index is 0.103. The van der Waals surface area contributed by atoms with Gasteiger partial charge < -0.3 is 33.8 Å². The van der Waals surface area contributed by atoms with E-state index in [2.05, 4.69) is 41.5 Å². The number of aliphatic hydroxyl groups is 1. The Labute approximate surface area is 517 Å². The second-order valence-corrected chi connectivity index (χ2v) is 27.7. The molecule has 0 amide bonds. The molecule has 0 bridgehead atoms. The quantitative estimate of drug-likeness (QED) is 0.0222. The third-order valence-corrected chi connectivity index (χ3v) is 17.1. The van der Waals surface area contributed by atoms with Gasteiger partial charge in [0.15, 0.2) is 12.2 Å². The number of unbranched alkanes of at least 4 members (excludes halogenated alkanes) is 35. The number of hydrogen-bond acceptors (Lipinski definition) is 15. The molecule has 0 radical (unpaired) electrons. The molecule has 0 saturated heterocycles. The topological polar surface area (TPSA) is 237 Å². The van der Waals surface area contributed by atoms with E-state index in [1.165, 1.54) is 122 Å². The monoisotopic (exact) mass is 1250 g/mol. The Morgan fingerprint density at radius 2 is 0.541 bits per heavy atom. The molecule has 0 aromatic heterocycles. The van der Waals surface area contributed by atoms with Gasteiger partial charge in [-0.2, -0.15) is 0 Å². The molecule has 0 rings (SSSR count). The fourth-order valence-corrected chi connectivity index (χ4v) is 11.5. The maximum absolute atomic E-state index is 13.0. The normalized spacial score (nSPS) is 14.2. The molecule has 5 atom stereocenters. The van der Waals surface area contributed by atoms with Crippen LogP contribution in [0.2, 0.25) is 0 Å². The van der Waals surface area contributed by atoms with Crippen LogP contribution in [0.5, 0.6) is 0 Å². The van der Waals surface area contributed by atoms with Crippen molar-refractivity contribution in [1.29, 1.82) is 0 Å². The van der Waals surface area contributed by atoms with Crippen LogP contribution in [-0.4, -0.2) is 96.7 Å². The van der Waals surface area contributed by atoms with E-state index in [-0.39, 0.29) is 25.7 Å². The minimum atomic E-state index is -4.95. The number of aliphatic hydroxyl groups excluding tert-OH is 1. The number of carbonyl (C=O) groups is 4. The Morgan fingerprint density at radius 1 is 0.318 bits per heavy atom. The van der Waals surface area contributed by atoms with Crippen LogP contribution in [0.25, 0.3) is 0 Å². The summed E-state index contributed by atoms with van der Waals surface area (Å²) in [6.45, 7) is 9.46. The zero-order chi connectivity index (χ0) is 62.9. The summed E-state index contributed by atoms with van der Waals surface area (Å²) in [6.07, 6.45) is 42.0. The fraction of sp³-hybridized carbons (Fsp3) is 0.939. The number of esters is 4. The average molecular weight is 1260 g/mol. The van der Waals surface area contributed by atoms with E-state index in [1.807, 2.05) is 0 Å². The molecule has 0 aromatic rings. The predicted molar refractivity (Wildman–Crippen MR) is 340 cm³/mol. The molecule has 0 heterocycles. The smallest absolute Gasteiger partial charge is 0.462 e. The molecule has 0 aliphatic heterocycles. The van der Waals surface area contributed by atoms with Crippen LogP contribution in [0.4, 0.5) is 0 Å². The van der Waals surface area contributed by atoms with Crippen molar-refractivity contribution in [3.63, 3.8) is 0 Å². The molecule has 0 aromatic carbocycles. The summed E-state index contributed by atoms with van der Waals surface area (Å²) in [5.74, 6) is -0.573. The van der Waals surface area contributed by atoms with Crippen LogP contribution in [0, 0.1) is 11.8 Å². The fourth-order valence-electron chi connectivity index (χ4n) is 9.88. The van der Waals surface area contributed by atoms with E-state index in [4.69, 9.17) is 37.0 Å². The third kappa shape index (κ3) is 60.7. The number of carbonyl (C=O) groups excluding carboxylic acids is 4. The molecule has 19 heteroatoms. The lowest BCUT2D eigenvalue weighted by molar-refractivity contribution is -0.161. The molecule has 0 saturated carbocycles. The Hall–Kier alpha value is -1.94. The lowest BCUT2D eigenvalue weighted by atomic mass is 10.0. The van der Waals surface area contributed by atoms with Gasteiger partial charge in [-0.3, -0.25) is 37.3 Å². The SMILES string of the molecule is CCCCCCCCCC(=O)OC[C@H](COP(=O)(O)OC[C@H](O)COP(=O)(O)OC[C@@H](COC(=O)CCCCCCCCCCCCCC(C)C)OC(=O)CCCCCCCCCCCCCCCCC(C)C)OC(=O)CCCCCCCCC. The highest BCUT2D eigenvalue weighted by Gasteiger charge is 2.30. The van der Waals surface area contributed by atoms with Gasteiger partial charge in [-0.1, -0.05) is 279 Å². The number of rotatable bonds is 65. The van der Waals surface area contributed by atoms with Crippen molar-refractivity contribution in [3.05, 3.63) is 0 Å². The molecule has 0 aliphatic rings. The standard InChI is InChI=1S/C66H128O17P2/c1-7-9-11-13-28-36-42-48-63(68)76-54-61(82-65(70)50-44-38-29-14-12-10-8-2)56-80-84(72,73)78-52-60(67)53-79-85(74,75)81-57-62(55-77-64(69)49-43-37-32-26-23-19-21-25-31-35-41-47-59(5)6)83-66(71)51-45-39-33-27-22-18-16-15-17-20-24-30-34-40-46-58(3)4/h58-62,67H,7-57H2,1-6H3,(H,72,73)(H,74,75)/t60-,61+,62+/m0/s1. The first-order valence-corrected chi connectivity index (χ1v) is 37.5. The molecular formula is C66H128O17P2. The van der Waals surface area contributed by atoms with Crippen molar-refractivity contribution >= 4 is 39.5 Å². The van der Waals surface area contributed by atoms with Gasteiger partial charge in [-0.15, -0.1) is 0 Å². The van der Waals surface area contributed by atoms with Gasteiger partial charge in [0.1, 0.15) is 19.3 Å². The number of phosphoric ester groups is 2. The number of ether oxygens (including phenoxy) is 4. The van der Waals surface area contributed by atoms with Gasteiger partial charge in [-0.25, -0.2) is 9.13 Å². The number of hydrogen-bond donors (Lipinski definition) is 3. The first-order chi connectivity index (χ1) is 40.9. The molecule has 504 valence electrons. The van der Waals surface area contributed by atoms with E-state index < -0.39 is 97.5 Å². The van der Waals surface area contributed by atoms with E-state index >= 15 is 0 Å². The van der Waals surface area contributed by atoms with Crippen LogP contribution in [-0.2, 0) is 65.4 Å². The van der Waals surface area contributed by atoms with Crippen molar-refractivity contribution in [2.75, 3.05) is 39.6 Å². The summed E-state index contributed by atoms with van der Waals surface area (Å²) in [4.78, 5) is 72.1. The minimum Gasteiger partial charge on any atom is -0.462 e. The lowest BCUT2D eigenvalue weighted by Gasteiger charge is -2.21. The zero-order valence-electron chi connectivity index (χ0n) is 54.9. The highest BCUT2D eigenvalue weighted by molar-refractivity contribution is 7.47. The second-order valence-electron chi connectivity index (χ2n) is 24.8. The van der Waals surface area contributed by atoms with E-state index in [9.17, 15) is 43.2 Å². The van der Waals surface area contributed by atoms with Gasteiger partial charge in [0.25, 0.3) is 0 Å². The summed E-state index contributed by atoms with van der Waals surface area (Å²) in [5.41, 5.74) is 0. The Kier molecular flexibility index (Phi) is 57.1. The molecule has 85 heavy (non-hydrogen) atoms. The molecule has 17 nitrogen and oxygen atoms in total. The van der Waals surface area contributed by atoms with Crippen molar-refractivity contribution < 1.29 is 80.2 Å². The summed E-state index contributed by atoms with van der Waals surface area (Å²) in [5, 5.41) is 10.5. The molecular weight excluding hydrogens is 1130 g/mol. The van der Waals surface area contributed by atoms with Crippen molar-refractivity contribution in [2.45, 2.75) is 349 Å². The highest BCUT2D eigenvalue weighted by Crippen LogP contribution is 2.45. The zero-order valence-corrected chi connectivity index (χ0v) is 56.7. The lowest BCUT2D eigenvalue weighted by Crippen LogP contribution is -2.30. The Bertz CT molecular complexity index is 1670. The van der Waals surface area contributed by atoms with Gasteiger partial charge >= 0.3 is 39.5 Å². The van der Waals surface area contributed by atoms with E-state index in [1.54, 1.807) is 0 Å². The highest BCUT2D eigenvalue weighted by atomic mass is 31.2. The van der Waals surface area contributed by atoms with Crippen LogP contribution < -0.4 is 0 Å². The van der Waals surface area contributed by atoms with Crippen molar-refractivity contribution in [1.82, 2.24) is 0 Å². The van der Waals surface area contributed by atoms with Gasteiger partial charge in [0.2, 0.25) is 0 Å². The average Bonchev–Trinajstić information content (AvgIpc) is 3.53. The van der Waals surface area contributed by atoms with Crippen LogP contribution in [0.15, 0.2) is 0 Å². The third-order valence-electron chi connectivity index (χ3n) is 15.2. The molecule has 0 spiro atoms. The van der Waals surface area contributed by atoms with Crippen LogP contribution >= 0.6 is 15.6 Å².